The molecule has 0 bridgehead atoms. The maximum atomic E-state index is 12.4. The molecule has 0 radical (unpaired) electrons. The number of hydrogen-bond donors (Lipinski definition) is 1. The minimum absolute atomic E-state index is 0.102. The van der Waals surface area contributed by atoms with Gasteiger partial charge in [-0.1, -0.05) is 31.5 Å². The molecule has 1 N–H and O–H groups in total. The van der Waals surface area contributed by atoms with Crippen LogP contribution in [0.25, 0.3) is 0 Å². The number of esters is 1. The second-order valence-corrected chi connectivity index (χ2v) is 6.58. The molecule has 0 saturated carbocycles. The number of ether oxygens (including phenoxy) is 1. The molecule has 1 heterocycles. The molecule has 130 valence electrons. The Hall–Kier alpha value is -2.08. The first-order chi connectivity index (χ1) is 11.3. The van der Waals surface area contributed by atoms with E-state index in [2.05, 4.69) is 5.32 Å². The lowest BCUT2D eigenvalue weighted by Gasteiger charge is -2.22. The topological polar surface area (TPSA) is 75.7 Å². The lowest BCUT2D eigenvalue weighted by atomic mass is 10.0. The molecule has 1 fully saturated rings. The van der Waals surface area contributed by atoms with E-state index < -0.39 is 17.9 Å². The van der Waals surface area contributed by atoms with Gasteiger partial charge in [-0.05, 0) is 24.1 Å². The summed E-state index contributed by atoms with van der Waals surface area (Å²) in [6, 6.07) is 6.21. The van der Waals surface area contributed by atoms with E-state index in [4.69, 9.17) is 16.3 Å². The zero-order valence-electron chi connectivity index (χ0n) is 13.9. The molecule has 2 atom stereocenters. The van der Waals surface area contributed by atoms with Gasteiger partial charge >= 0.3 is 5.97 Å². The van der Waals surface area contributed by atoms with E-state index in [9.17, 15) is 14.4 Å². The molecule has 7 heteroatoms. The summed E-state index contributed by atoms with van der Waals surface area (Å²) < 4.78 is 4.72. The van der Waals surface area contributed by atoms with Crippen molar-refractivity contribution in [3.8, 4) is 0 Å². The molecule has 1 aliphatic rings. The van der Waals surface area contributed by atoms with Crippen LogP contribution in [0, 0.1) is 11.8 Å². The first-order valence-corrected chi connectivity index (χ1v) is 8.15. The Kier molecular flexibility index (Phi) is 5.83. The number of amides is 2. The number of methoxy groups -OCH3 is 1. The van der Waals surface area contributed by atoms with Crippen LogP contribution in [0.2, 0.25) is 5.02 Å². The third-order valence-electron chi connectivity index (χ3n) is 4.04. The highest BCUT2D eigenvalue weighted by atomic mass is 35.5. The number of anilines is 1. The summed E-state index contributed by atoms with van der Waals surface area (Å²) in [5.41, 5.74) is 0.663. The van der Waals surface area contributed by atoms with Gasteiger partial charge in [-0.15, -0.1) is 0 Å². The van der Waals surface area contributed by atoms with Gasteiger partial charge in [-0.3, -0.25) is 9.59 Å². The first-order valence-electron chi connectivity index (χ1n) is 7.77. The van der Waals surface area contributed by atoms with Crippen LogP contribution in [-0.2, 0) is 19.1 Å². The third kappa shape index (κ3) is 4.06. The highest BCUT2D eigenvalue weighted by Gasteiger charge is 2.37. The second kappa shape index (κ2) is 7.66. The van der Waals surface area contributed by atoms with Crippen LogP contribution in [0.5, 0.6) is 0 Å². The van der Waals surface area contributed by atoms with Gasteiger partial charge in [0.25, 0.3) is 0 Å². The molecule has 6 nitrogen and oxygen atoms in total. The molecule has 0 spiro atoms. The van der Waals surface area contributed by atoms with E-state index in [0.717, 1.165) is 0 Å². The van der Waals surface area contributed by atoms with Crippen molar-refractivity contribution in [3.05, 3.63) is 29.3 Å². The smallest absolute Gasteiger partial charge is 0.328 e. The van der Waals surface area contributed by atoms with E-state index in [-0.39, 0.29) is 30.7 Å². The minimum atomic E-state index is -0.724. The summed E-state index contributed by atoms with van der Waals surface area (Å²) in [5, 5.41) is 3.22. The standard InChI is InChI=1S/C17H21ClN2O4/c1-10(2)15(17(23)24-3)19-16(22)11-7-14(21)20(9-11)13-6-4-5-12(18)8-13/h4-6,8,10-11,15H,7,9H2,1-3H3,(H,19,22). The van der Waals surface area contributed by atoms with Crippen molar-refractivity contribution in [1.82, 2.24) is 5.32 Å². The molecule has 24 heavy (non-hydrogen) atoms. The van der Waals surface area contributed by atoms with E-state index in [1.54, 1.807) is 29.2 Å². The molecule has 1 saturated heterocycles. The number of nitrogens with one attached hydrogen (secondary N) is 1. The molecule has 2 amide bonds. The monoisotopic (exact) mass is 352 g/mol. The van der Waals surface area contributed by atoms with Gasteiger partial charge in [0.1, 0.15) is 6.04 Å². The summed E-state index contributed by atoms with van der Waals surface area (Å²) in [5.74, 6) is -1.58. The fourth-order valence-electron chi connectivity index (χ4n) is 2.67. The van der Waals surface area contributed by atoms with Gasteiger partial charge in [0, 0.05) is 23.7 Å². The number of halogens is 1. The fraction of sp³-hybridized carbons (Fsp3) is 0.471. The highest BCUT2D eigenvalue weighted by molar-refractivity contribution is 6.31. The zero-order chi connectivity index (χ0) is 17.9. The van der Waals surface area contributed by atoms with Crippen molar-refractivity contribution in [2.45, 2.75) is 26.3 Å². The zero-order valence-corrected chi connectivity index (χ0v) is 14.7. The molecular formula is C17H21ClN2O4. The molecule has 0 aromatic heterocycles. The van der Waals surface area contributed by atoms with Crippen molar-refractivity contribution in [3.63, 3.8) is 0 Å². The van der Waals surface area contributed by atoms with Crippen molar-refractivity contribution >= 4 is 35.1 Å². The van der Waals surface area contributed by atoms with Crippen LogP contribution in [-0.4, -0.2) is 37.5 Å². The van der Waals surface area contributed by atoms with Crippen LogP contribution >= 0.6 is 11.6 Å². The molecule has 1 aliphatic heterocycles. The Morgan fingerprint density at radius 2 is 2.08 bits per heavy atom. The lowest BCUT2D eigenvalue weighted by molar-refractivity contribution is -0.146. The van der Waals surface area contributed by atoms with Gasteiger partial charge in [0.2, 0.25) is 11.8 Å². The van der Waals surface area contributed by atoms with Crippen molar-refractivity contribution < 1.29 is 19.1 Å². The van der Waals surface area contributed by atoms with Crippen LogP contribution in [0.1, 0.15) is 20.3 Å². The summed E-state index contributed by atoms with van der Waals surface area (Å²) in [6.07, 6.45) is 0.102. The lowest BCUT2D eigenvalue weighted by Crippen LogP contribution is -2.47. The predicted octanol–water partition coefficient (Wildman–Crippen LogP) is 2.01. The van der Waals surface area contributed by atoms with Crippen molar-refractivity contribution in [2.24, 2.45) is 11.8 Å². The maximum Gasteiger partial charge on any atom is 0.328 e. The maximum absolute atomic E-state index is 12.4. The Balaban J connectivity index is 2.07. The van der Waals surface area contributed by atoms with E-state index in [1.807, 2.05) is 13.8 Å². The number of carbonyl (C=O) groups excluding carboxylic acids is 3. The Morgan fingerprint density at radius 1 is 1.38 bits per heavy atom. The normalized spacial score (nSPS) is 18.6. The predicted molar refractivity (Wildman–Crippen MR) is 90.7 cm³/mol. The van der Waals surface area contributed by atoms with E-state index in [0.29, 0.717) is 10.7 Å². The Bertz CT molecular complexity index is 647. The van der Waals surface area contributed by atoms with Crippen LogP contribution in [0.4, 0.5) is 5.69 Å². The molecule has 2 rings (SSSR count). The molecular weight excluding hydrogens is 332 g/mol. The van der Waals surface area contributed by atoms with E-state index >= 15 is 0 Å². The van der Waals surface area contributed by atoms with Gasteiger partial charge < -0.3 is 15.0 Å². The average molecular weight is 353 g/mol. The summed E-state index contributed by atoms with van der Waals surface area (Å²) >= 11 is 5.96. The second-order valence-electron chi connectivity index (χ2n) is 6.14. The first kappa shape index (κ1) is 18.3. The van der Waals surface area contributed by atoms with Gasteiger partial charge in [0.15, 0.2) is 0 Å². The van der Waals surface area contributed by atoms with Gasteiger partial charge in [-0.25, -0.2) is 4.79 Å². The molecule has 0 aliphatic carbocycles. The Labute approximate surface area is 146 Å². The molecule has 2 unspecified atom stereocenters. The van der Waals surface area contributed by atoms with Crippen molar-refractivity contribution in [2.75, 3.05) is 18.6 Å². The summed E-state index contributed by atoms with van der Waals surface area (Å²) in [6.45, 7) is 3.90. The van der Waals surface area contributed by atoms with Gasteiger partial charge in [0.05, 0.1) is 13.0 Å². The SMILES string of the molecule is COC(=O)C(NC(=O)C1CC(=O)N(c2cccc(Cl)c2)C1)C(C)C. The third-order valence-corrected chi connectivity index (χ3v) is 4.27. The summed E-state index contributed by atoms with van der Waals surface area (Å²) in [4.78, 5) is 38.0. The number of nitrogens with zero attached hydrogens (tertiary/aromatic N) is 1. The number of hydrogen-bond acceptors (Lipinski definition) is 4. The van der Waals surface area contributed by atoms with E-state index in [1.165, 1.54) is 7.11 Å². The van der Waals surface area contributed by atoms with Crippen molar-refractivity contribution in [1.29, 1.82) is 0 Å². The quantitative estimate of drug-likeness (QED) is 0.822. The number of carbonyl (C=O) groups is 3. The number of rotatable bonds is 5. The average Bonchev–Trinajstić information content (AvgIpc) is 2.93. The largest absolute Gasteiger partial charge is 0.467 e. The highest BCUT2D eigenvalue weighted by Crippen LogP contribution is 2.27. The minimum Gasteiger partial charge on any atom is -0.467 e. The van der Waals surface area contributed by atoms with Crippen LogP contribution in [0.3, 0.4) is 0 Å². The van der Waals surface area contributed by atoms with Gasteiger partial charge in [-0.2, -0.15) is 0 Å². The molecule has 1 aromatic carbocycles. The van der Waals surface area contributed by atoms with Crippen LogP contribution in [0.15, 0.2) is 24.3 Å². The fourth-order valence-corrected chi connectivity index (χ4v) is 2.86. The van der Waals surface area contributed by atoms with Crippen LogP contribution < -0.4 is 10.2 Å². The molecule has 1 aromatic rings. The Morgan fingerprint density at radius 3 is 2.67 bits per heavy atom. The number of benzene rings is 1. The summed E-state index contributed by atoms with van der Waals surface area (Å²) in [7, 11) is 1.28.